The Labute approximate surface area is 135 Å². The first-order valence-corrected chi connectivity index (χ1v) is 6.95. The van der Waals surface area contributed by atoms with Crippen molar-refractivity contribution in [3.63, 3.8) is 0 Å². The van der Waals surface area contributed by atoms with Crippen molar-refractivity contribution >= 4 is 6.03 Å². The van der Waals surface area contributed by atoms with E-state index in [9.17, 15) is 18.0 Å². The number of carbonyl (C=O) groups is 1. The van der Waals surface area contributed by atoms with Crippen LogP contribution in [0.3, 0.4) is 0 Å². The van der Waals surface area contributed by atoms with Crippen LogP contribution in [0, 0.1) is 0 Å². The minimum Gasteiger partial charge on any atom is -0.327 e. The van der Waals surface area contributed by atoms with Gasteiger partial charge in [0.2, 0.25) is 0 Å². The summed E-state index contributed by atoms with van der Waals surface area (Å²) in [6.07, 6.45) is -2.87. The highest BCUT2D eigenvalue weighted by Gasteiger charge is 2.29. The molecule has 1 aromatic heterocycles. The third-order valence-electron chi connectivity index (χ3n) is 3.17. The SMILES string of the molecule is C[C@H](NC(=O)NOCc1ccc(C(F)(F)F)cc1)c1nncn1C. The maximum Gasteiger partial charge on any atom is 0.416 e. The van der Waals surface area contributed by atoms with Gasteiger partial charge in [-0.05, 0) is 24.6 Å². The van der Waals surface area contributed by atoms with Crippen LogP contribution in [0.1, 0.15) is 29.9 Å². The van der Waals surface area contributed by atoms with Gasteiger partial charge in [0.05, 0.1) is 18.2 Å². The topological polar surface area (TPSA) is 81.1 Å². The van der Waals surface area contributed by atoms with Crippen molar-refractivity contribution < 1.29 is 22.8 Å². The fraction of sp³-hybridized carbons (Fsp3) is 0.357. The second-order valence-electron chi connectivity index (χ2n) is 5.08. The van der Waals surface area contributed by atoms with E-state index in [-0.39, 0.29) is 6.61 Å². The number of nitrogens with one attached hydrogen (secondary N) is 2. The molecule has 0 spiro atoms. The number of halogens is 3. The fourth-order valence-electron chi connectivity index (χ4n) is 1.95. The van der Waals surface area contributed by atoms with Crippen LogP contribution >= 0.6 is 0 Å². The van der Waals surface area contributed by atoms with Gasteiger partial charge in [-0.15, -0.1) is 10.2 Å². The third kappa shape index (κ3) is 4.69. The Morgan fingerprint density at radius 2 is 2.00 bits per heavy atom. The van der Waals surface area contributed by atoms with Gasteiger partial charge in [0.25, 0.3) is 0 Å². The van der Waals surface area contributed by atoms with Crippen LogP contribution in [0.5, 0.6) is 0 Å². The summed E-state index contributed by atoms with van der Waals surface area (Å²) >= 11 is 0. The number of alkyl halides is 3. The molecule has 130 valence electrons. The van der Waals surface area contributed by atoms with E-state index in [2.05, 4.69) is 21.0 Å². The van der Waals surface area contributed by atoms with Crippen LogP contribution in [0.25, 0.3) is 0 Å². The van der Waals surface area contributed by atoms with Gasteiger partial charge in [-0.25, -0.2) is 10.3 Å². The number of aromatic nitrogens is 3. The molecule has 24 heavy (non-hydrogen) atoms. The molecule has 0 fully saturated rings. The lowest BCUT2D eigenvalue weighted by atomic mass is 10.1. The Bertz CT molecular complexity index is 684. The lowest BCUT2D eigenvalue weighted by Crippen LogP contribution is -2.37. The first-order valence-electron chi connectivity index (χ1n) is 6.95. The zero-order valence-corrected chi connectivity index (χ0v) is 13.0. The lowest BCUT2D eigenvalue weighted by molar-refractivity contribution is -0.137. The molecular weight excluding hydrogens is 327 g/mol. The smallest absolute Gasteiger partial charge is 0.327 e. The molecule has 0 bridgehead atoms. The van der Waals surface area contributed by atoms with E-state index in [4.69, 9.17) is 4.84 Å². The van der Waals surface area contributed by atoms with E-state index >= 15 is 0 Å². The molecule has 2 aromatic rings. The second kappa shape index (κ2) is 7.30. The highest BCUT2D eigenvalue weighted by molar-refractivity contribution is 5.73. The van der Waals surface area contributed by atoms with Crippen molar-refractivity contribution in [2.24, 2.45) is 7.05 Å². The van der Waals surface area contributed by atoms with Gasteiger partial charge in [-0.3, -0.25) is 4.84 Å². The number of nitrogens with zero attached hydrogens (tertiary/aromatic N) is 3. The summed E-state index contributed by atoms with van der Waals surface area (Å²) in [6, 6.07) is 3.48. The van der Waals surface area contributed by atoms with Gasteiger partial charge in [-0.2, -0.15) is 13.2 Å². The van der Waals surface area contributed by atoms with E-state index in [1.807, 2.05) is 0 Å². The first kappa shape index (κ1) is 17.7. The summed E-state index contributed by atoms with van der Waals surface area (Å²) in [5, 5.41) is 10.2. The lowest BCUT2D eigenvalue weighted by Gasteiger charge is -2.13. The van der Waals surface area contributed by atoms with Gasteiger partial charge in [-0.1, -0.05) is 12.1 Å². The summed E-state index contributed by atoms with van der Waals surface area (Å²) in [4.78, 5) is 16.7. The first-order chi connectivity index (χ1) is 11.3. The molecule has 1 atom stereocenters. The maximum absolute atomic E-state index is 12.4. The van der Waals surface area contributed by atoms with Crippen molar-refractivity contribution in [3.05, 3.63) is 47.5 Å². The monoisotopic (exact) mass is 343 g/mol. The standard InChI is InChI=1S/C14H16F3N5O2/c1-9(12-20-18-8-22(12)2)19-13(23)21-24-7-10-3-5-11(6-4-10)14(15,16)17/h3-6,8-9H,7H2,1-2H3,(H2,19,21,23)/t9-/m0/s1. The van der Waals surface area contributed by atoms with Crippen molar-refractivity contribution in [3.8, 4) is 0 Å². The minimum atomic E-state index is -4.38. The molecule has 0 saturated carbocycles. The number of hydroxylamine groups is 1. The predicted octanol–water partition coefficient (Wildman–Crippen LogP) is 2.33. The van der Waals surface area contributed by atoms with E-state index < -0.39 is 23.8 Å². The minimum absolute atomic E-state index is 0.0656. The molecule has 10 heteroatoms. The number of urea groups is 1. The van der Waals surface area contributed by atoms with E-state index in [1.54, 1.807) is 18.5 Å². The quantitative estimate of drug-likeness (QED) is 0.817. The number of benzene rings is 1. The van der Waals surface area contributed by atoms with Gasteiger partial charge in [0, 0.05) is 7.05 Å². The van der Waals surface area contributed by atoms with Gasteiger partial charge in [0.15, 0.2) is 5.82 Å². The molecule has 0 saturated heterocycles. The molecule has 2 amide bonds. The molecule has 2 rings (SSSR count). The van der Waals surface area contributed by atoms with Crippen LogP contribution in [-0.2, 0) is 24.7 Å². The molecule has 1 heterocycles. The zero-order valence-electron chi connectivity index (χ0n) is 13.0. The number of hydrogen-bond acceptors (Lipinski definition) is 4. The molecule has 0 unspecified atom stereocenters. The summed E-state index contributed by atoms with van der Waals surface area (Å²) in [6.45, 7) is 1.66. The van der Waals surface area contributed by atoms with Crippen LogP contribution < -0.4 is 10.8 Å². The largest absolute Gasteiger partial charge is 0.416 e. The highest BCUT2D eigenvalue weighted by Crippen LogP contribution is 2.29. The van der Waals surface area contributed by atoms with Gasteiger partial charge < -0.3 is 9.88 Å². The van der Waals surface area contributed by atoms with Crippen LogP contribution in [0.4, 0.5) is 18.0 Å². The molecule has 0 radical (unpaired) electrons. The van der Waals surface area contributed by atoms with Crippen LogP contribution in [-0.4, -0.2) is 20.8 Å². The number of carbonyl (C=O) groups excluding carboxylic acids is 1. The number of rotatable bonds is 5. The Kier molecular flexibility index (Phi) is 5.39. The average molecular weight is 343 g/mol. The van der Waals surface area contributed by atoms with Gasteiger partial charge >= 0.3 is 12.2 Å². The highest BCUT2D eigenvalue weighted by atomic mass is 19.4. The van der Waals surface area contributed by atoms with E-state index in [0.29, 0.717) is 11.4 Å². The van der Waals surface area contributed by atoms with Crippen LogP contribution in [0.2, 0.25) is 0 Å². The molecule has 2 N–H and O–H groups in total. The van der Waals surface area contributed by atoms with Crippen molar-refractivity contribution in [2.75, 3.05) is 0 Å². The van der Waals surface area contributed by atoms with Crippen LogP contribution in [0.15, 0.2) is 30.6 Å². The number of amides is 2. The summed E-state index contributed by atoms with van der Waals surface area (Å²) in [5.74, 6) is 0.563. The molecule has 1 aromatic carbocycles. The van der Waals surface area contributed by atoms with Gasteiger partial charge in [0.1, 0.15) is 6.33 Å². The number of aryl methyl sites for hydroxylation is 1. The Balaban J connectivity index is 1.77. The maximum atomic E-state index is 12.4. The Morgan fingerprint density at radius 1 is 1.33 bits per heavy atom. The fourth-order valence-corrected chi connectivity index (χ4v) is 1.95. The van der Waals surface area contributed by atoms with Crippen molar-refractivity contribution in [2.45, 2.75) is 25.7 Å². The summed E-state index contributed by atoms with van der Waals surface area (Å²) in [5.41, 5.74) is 1.91. The zero-order chi connectivity index (χ0) is 17.7. The second-order valence-corrected chi connectivity index (χ2v) is 5.08. The Morgan fingerprint density at radius 3 is 2.54 bits per heavy atom. The molecule has 0 aliphatic rings. The van der Waals surface area contributed by atoms with E-state index in [1.165, 1.54) is 18.5 Å². The summed E-state index contributed by atoms with van der Waals surface area (Å²) < 4.78 is 39.0. The normalized spacial score (nSPS) is 12.7. The third-order valence-corrected chi connectivity index (χ3v) is 3.17. The van der Waals surface area contributed by atoms with Crippen molar-refractivity contribution in [1.82, 2.24) is 25.6 Å². The molecule has 7 nitrogen and oxygen atoms in total. The van der Waals surface area contributed by atoms with E-state index in [0.717, 1.165) is 12.1 Å². The average Bonchev–Trinajstić information content (AvgIpc) is 2.93. The molecule has 0 aliphatic heterocycles. The summed E-state index contributed by atoms with van der Waals surface area (Å²) in [7, 11) is 1.74. The number of hydrogen-bond donors (Lipinski definition) is 2. The van der Waals surface area contributed by atoms with Crippen molar-refractivity contribution in [1.29, 1.82) is 0 Å². The predicted molar refractivity (Wildman–Crippen MR) is 77.3 cm³/mol. The Hall–Kier alpha value is -2.62. The molecular formula is C14H16F3N5O2. The molecule has 0 aliphatic carbocycles.